The molecule has 1 N–H and O–H groups in total. The smallest absolute Gasteiger partial charge is 0.410 e. The summed E-state index contributed by atoms with van der Waals surface area (Å²) in [6.07, 6.45) is 5.05. The number of benzene rings is 1. The first-order valence-corrected chi connectivity index (χ1v) is 6.54. The van der Waals surface area contributed by atoms with Gasteiger partial charge in [-0.1, -0.05) is 42.5 Å². The molecular formula is C15H19NO3. The van der Waals surface area contributed by atoms with Crippen molar-refractivity contribution in [2.24, 2.45) is 0 Å². The van der Waals surface area contributed by atoms with E-state index in [9.17, 15) is 4.79 Å². The molecule has 4 heteroatoms. The zero-order valence-corrected chi connectivity index (χ0v) is 10.9. The number of hydrogen-bond acceptors (Lipinski definition) is 3. The Hall–Kier alpha value is -1.81. The number of nitrogens with zero attached hydrogens (tertiary/aromatic N) is 1. The lowest BCUT2D eigenvalue weighted by Gasteiger charge is -2.31. The molecule has 4 nitrogen and oxygen atoms in total. The van der Waals surface area contributed by atoms with E-state index in [1.54, 1.807) is 4.90 Å². The molecule has 1 amide bonds. The van der Waals surface area contributed by atoms with Crippen molar-refractivity contribution in [3.05, 3.63) is 48.0 Å². The maximum atomic E-state index is 12.0. The van der Waals surface area contributed by atoms with Crippen LogP contribution in [0.25, 0.3) is 0 Å². The van der Waals surface area contributed by atoms with Gasteiger partial charge in [-0.15, -0.1) is 0 Å². The normalized spacial score (nSPS) is 18.4. The molecule has 1 aliphatic heterocycles. The third-order valence-electron chi connectivity index (χ3n) is 3.22. The minimum atomic E-state index is -0.313. The molecule has 1 aromatic carbocycles. The summed E-state index contributed by atoms with van der Waals surface area (Å²) in [7, 11) is 0. The van der Waals surface area contributed by atoms with Crippen LogP contribution in [0.3, 0.4) is 0 Å². The van der Waals surface area contributed by atoms with E-state index in [4.69, 9.17) is 9.84 Å². The van der Waals surface area contributed by atoms with Crippen molar-refractivity contribution in [3.63, 3.8) is 0 Å². The van der Waals surface area contributed by atoms with Gasteiger partial charge in [-0.3, -0.25) is 0 Å². The maximum Gasteiger partial charge on any atom is 0.410 e. The van der Waals surface area contributed by atoms with Crippen LogP contribution in [0.1, 0.15) is 18.4 Å². The van der Waals surface area contributed by atoms with Crippen LogP contribution < -0.4 is 0 Å². The second-order valence-corrected chi connectivity index (χ2v) is 4.57. The van der Waals surface area contributed by atoms with Crippen LogP contribution in [0.15, 0.2) is 42.5 Å². The number of ether oxygens (including phenoxy) is 1. The Morgan fingerprint density at radius 2 is 2.11 bits per heavy atom. The fourth-order valence-electron chi connectivity index (χ4n) is 2.17. The van der Waals surface area contributed by atoms with Gasteiger partial charge in [0, 0.05) is 19.2 Å². The Morgan fingerprint density at radius 3 is 2.84 bits per heavy atom. The van der Waals surface area contributed by atoms with E-state index >= 15 is 0 Å². The molecule has 1 aliphatic rings. The molecule has 0 radical (unpaired) electrons. The van der Waals surface area contributed by atoms with Crippen molar-refractivity contribution in [2.45, 2.75) is 25.5 Å². The Morgan fingerprint density at radius 1 is 1.32 bits per heavy atom. The molecule has 0 aromatic heterocycles. The van der Waals surface area contributed by atoms with Gasteiger partial charge in [-0.05, 0) is 18.4 Å². The lowest BCUT2D eigenvalue weighted by Crippen LogP contribution is -2.42. The topological polar surface area (TPSA) is 49.8 Å². The minimum Gasteiger partial charge on any atom is -0.445 e. The summed E-state index contributed by atoms with van der Waals surface area (Å²) in [6, 6.07) is 9.66. The summed E-state index contributed by atoms with van der Waals surface area (Å²) >= 11 is 0. The van der Waals surface area contributed by atoms with Crippen LogP contribution in [0.2, 0.25) is 0 Å². The lowest BCUT2D eigenvalue weighted by molar-refractivity contribution is 0.0775. The molecule has 0 fully saturated rings. The fraction of sp³-hybridized carbons (Fsp3) is 0.400. The molecule has 0 saturated heterocycles. The van der Waals surface area contributed by atoms with Gasteiger partial charge in [0.25, 0.3) is 0 Å². The Bertz CT molecular complexity index is 430. The van der Waals surface area contributed by atoms with Crippen LogP contribution >= 0.6 is 0 Å². The van der Waals surface area contributed by atoms with E-state index in [0.29, 0.717) is 13.0 Å². The van der Waals surface area contributed by atoms with Gasteiger partial charge in [0.1, 0.15) is 6.61 Å². The van der Waals surface area contributed by atoms with Crippen molar-refractivity contribution in [1.29, 1.82) is 0 Å². The Labute approximate surface area is 113 Å². The van der Waals surface area contributed by atoms with E-state index in [1.807, 2.05) is 42.5 Å². The van der Waals surface area contributed by atoms with Crippen LogP contribution in [-0.2, 0) is 11.3 Å². The fourth-order valence-corrected chi connectivity index (χ4v) is 2.17. The molecule has 0 aliphatic carbocycles. The number of rotatable bonds is 4. The van der Waals surface area contributed by atoms with Gasteiger partial charge < -0.3 is 14.7 Å². The van der Waals surface area contributed by atoms with Crippen molar-refractivity contribution < 1.29 is 14.6 Å². The quantitative estimate of drug-likeness (QED) is 0.846. The summed E-state index contributed by atoms with van der Waals surface area (Å²) in [5, 5.41) is 9.02. The van der Waals surface area contributed by atoms with Gasteiger partial charge in [0.2, 0.25) is 0 Å². The summed E-state index contributed by atoms with van der Waals surface area (Å²) in [5.74, 6) is 0. The van der Waals surface area contributed by atoms with Crippen molar-refractivity contribution in [1.82, 2.24) is 4.90 Å². The van der Waals surface area contributed by atoms with Crippen molar-refractivity contribution in [3.8, 4) is 0 Å². The van der Waals surface area contributed by atoms with Crippen LogP contribution in [0.4, 0.5) is 4.79 Å². The maximum absolute atomic E-state index is 12.0. The molecule has 0 bridgehead atoms. The highest BCUT2D eigenvalue weighted by Gasteiger charge is 2.24. The first kappa shape index (κ1) is 13.6. The zero-order chi connectivity index (χ0) is 13.5. The molecule has 0 spiro atoms. The zero-order valence-electron chi connectivity index (χ0n) is 10.9. The number of amides is 1. The van der Waals surface area contributed by atoms with Crippen LogP contribution in [0.5, 0.6) is 0 Å². The van der Waals surface area contributed by atoms with E-state index in [1.165, 1.54) is 0 Å². The molecule has 1 heterocycles. The van der Waals surface area contributed by atoms with Gasteiger partial charge in [0.05, 0.1) is 0 Å². The molecule has 0 saturated carbocycles. The van der Waals surface area contributed by atoms with Crippen LogP contribution in [-0.4, -0.2) is 35.3 Å². The van der Waals surface area contributed by atoms with Crippen molar-refractivity contribution in [2.75, 3.05) is 13.2 Å². The van der Waals surface area contributed by atoms with Gasteiger partial charge in [-0.25, -0.2) is 4.79 Å². The predicted octanol–water partition coefficient (Wildman–Crippen LogP) is 2.34. The number of aliphatic hydroxyl groups excluding tert-OH is 1. The molecular weight excluding hydrogens is 242 g/mol. The van der Waals surface area contributed by atoms with Gasteiger partial charge in [0.15, 0.2) is 0 Å². The summed E-state index contributed by atoms with van der Waals surface area (Å²) < 4.78 is 5.32. The van der Waals surface area contributed by atoms with E-state index in [2.05, 4.69) is 0 Å². The van der Waals surface area contributed by atoms with Gasteiger partial charge >= 0.3 is 6.09 Å². The highest BCUT2D eigenvalue weighted by Crippen LogP contribution is 2.16. The Balaban J connectivity index is 1.89. The minimum absolute atomic E-state index is 0.0401. The predicted molar refractivity (Wildman–Crippen MR) is 72.6 cm³/mol. The highest BCUT2D eigenvalue weighted by molar-refractivity contribution is 5.68. The second kappa shape index (κ2) is 6.95. The highest BCUT2D eigenvalue weighted by atomic mass is 16.6. The summed E-state index contributed by atoms with van der Waals surface area (Å²) in [6.45, 7) is 0.922. The first-order valence-electron chi connectivity index (χ1n) is 6.54. The number of carbonyl (C=O) groups excluding carboxylic acids is 1. The number of carbonyl (C=O) groups is 1. The third-order valence-corrected chi connectivity index (χ3v) is 3.22. The molecule has 1 aromatic rings. The Kier molecular flexibility index (Phi) is 4.98. The van der Waals surface area contributed by atoms with Gasteiger partial charge in [-0.2, -0.15) is 0 Å². The molecule has 1 atom stereocenters. The standard InChI is InChI=1S/C15H19NO3/c17-11-9-14-8-4-5-10-16(14)15(18)19-12-13-6-2-1-3-7-13/h1-7,14,17H,8-12H2. The van der Waals surface area contributed by atoms with E-state index < -0.39 is 0 Å². The SMILES string of the molecule is O=C(OCc1ccccc1)N1CC=CCC1CCO. The molecule has 19 heavy (non-hydrogen) atoms. The third kappa shape index (κ3) is 3.83. The summed E-state index contributed by atoms with van der Waals surface area (Å²) in [4.78, 5) is 13.7. The molecule has 1 unspecified atom stereocenters. The lowest BCUT2D eigenvalue weighted by atomic mass is 10.1. The molecule has 102 valence electrons. The largest absolute Gasteiger partial charge is 0.445 e. The first-order chi connectivity index (χ1) is 9.31. The number of aliphatic hydroxyl groups is 1. The molecule has 2 rings (SSSR count). The second-order valence-electron chi connectivity index (χ2n) is 4.57. The summed E-state index contributed by atoms with van der Waals surface area (Å²) in [5.41, 5.74) is 0.974. The average Bonchev–Trinajstić information content (AvgIpc) is 2.47. The number of hydrogen-bond donors (Lipinski definition) is 1. The van der Waals surface area contributed by atoms with Crippen LogP contribution in [0, 0.1) is 0 Å². The van der Waals surface area contributed by atoms with E-state index in [-0.39, 0.29) is 25.3 Å². The monoisotopic (exact) mass is 261 g/mol. The van der Waals surface area contributed by atoms with Crippen molar-refractivity contribution >= 4 is 6.09 Å². The van der Waals surface area contributed by atoms with E-state index in [0.717, 1.165) is 12.0 Å². The average molecular weight is 261 g/mol.